The minimum absolute atomic E-state index is 0.887. The molecule has 2 rings (SSSR count). The highest BCUT2D eigenvalue weighted by Crippen LogP contribution is 2.40. The molecule has 0 aliphatic heterocycles. The maximum absolute atomic E-state index is 5.41. The van der Waals surface area contributed by atoms with Crippen LogP contribution in [0.25, 0.3) is 11.3 Å². The Morgan fingerprint density at radius 2 is 2.10 bits per heavy atom. The van der Waals surface area contributed by atoms with E-state index in [1.165, 1.54) is 31.4 Å². The van der Waals surface area contributed by atoms with E-state index >= 15 is 0 Å². The highest BCUT2D eigenvalue weighted by atomic mass is 79.9. The Hall–Kier alpha value is -0.870. The lowest BCUT2D eigenvalue weighted by Gasteiger charge is -2.06. The number of aromatic nitrogens is 1. The first kappa shape index (κ1) is 15.5. The summed E-state index contributed by atoms with van der Waals surface area (Å²) in [6.45, 7) is 2.24. The second-order valence-electron chi connectivity index (χ2n) is 4.78. The third kappa shape index (κ3) is 3.83. The minimum Gasteiger partial charge on any atom is -0.495 e. The van der Waals surface area contributed by atoms with Gasteiger partial charge in [0.05, 0.1) is 22.2 Å². The van der Waals surface area contributed by atoms with E-state index in [0.29, 0.717) is 0 Å². The largest absolute Gasteiger partial charge is 0.495 e. The molecule has 2 nitrogen and oxygen atoms in total. The summed E-state index contributed by atoms with van der Waals surface area (Å²) < 4.78 is 6.49. The summed E-state index contributed by atoms with van der Waals surface area (Å²) >= 11 is 5.22. The summed E-state index contributed by atoms with van der Waals surface area (Å²) in [5, 5.41) is 2.01. The maximum atomic E-state index is 5.41. The Kier molecular flexibility index (Phi) is 6.05. The van der Waals surface area contributed by atoms with Crippen LogP contribution in [0.1, 0.15) is 38.3 Å². The van der Waals surface area contributed by atoms with Gasteiger partial charge in [0.25, 0.3) is 0 Å². The monoisotopic (exact) mass is 353 g/mol. The molecule has 0 saturated carbocycles. The van der Waals surface area contributed by atoms with Gasteiger partial charge in [-0.25, -0.2) is 0 Å². The molecule has 0 saturated heterocycles. The molecule has 2 aromatic heterocycles. The Morgan fingerprint density at radius 3 is 2.85 bits per heavy atom. The zero-order chi connectivity index (χ0) is 14.4. The molecule has 4 heteroatoms. The average molecular weight is 354 g/mol. The van der Waals surface area contributed by atoms with E-state index in [1.54, 1.807) is 18.4 Å². The molecule has 0 unspecified atom stereocenters. The van der Waals surface area contributed by atoms with E-state index in [1.807, 2.05) is 11.4 Å². The summed E-state index contributed by atoms with van der Waals surface area (Å²) in [5.41, 5.74) is 3.22. The predicted molar refractivity (Wildman–Crippen MR) is 89.6 cm³/mol. The Labute approximate surface area is 133 Å². The standard InChI is InChI=1S/C16H20BrNOS/c1-3-4-5-6-8-12-9-7-10-13(18-12)15-14(19-2)11-20-16(15)17/h7,9-11H,3-6,8H2,1-2H3. The normalized spacial score (nSPS) is 10.8. The van der Waals surface area contributed by atoms with E-state index < -0.39 is 0 Å². The fourth-order valence-corrected chi connectivity index (χ4v) is 3.61. The Balaban J connectivity index is 2.15. The van der Waals surface area contributed by atoms with Gasteiger partial charge in [0.15, 0.2) is 0 Å². The number of ether oxygens (including phenoxy) is 1. The van der Waals surface area contributed by atoms with Gasteiger partial charge in [-0.1, -0.05) is 32.3 Å². The van der Waals surface area contributed by atoms with Gasteiger partial charge in [0, 0.05) is 11.1 Å². The number of hydrogen-bond acceptors (Lipinski definition) is 3. The first-order valence-electron chi connectivity index (χ1n) is 7.03. The molecule has 0 bridgehead atoms. The molecule has 0 radical (unpaired) electrons. The van der Waals surface area contributed by atoms with Crippen molar-refractivity contribution in [2.24, 2.45) is 0 Å². The molecule has 0 N–H and O–H groups in total. The average Bonchev–Trinajstić information content (AvgIpc) is 2.85. The highest BCUT2D eigenvalue weighted by molar-refractivity contribution is 9.11. The quantitative estimate of drug-likeness (QED) is 0.595. The summed E-state index contributed by atoms with van der Waals surface area (Å²) in [5.74, 6) is 0.887. The molecular weight excluding hydrogens is 334 g/mol. The van der Waals surface area contributed by atoms with Crippen molar-refractivity contribution in [1.29, 1.82) is 0 Å². The third-order valence-electron chi connectivity index (χ3n) is 3.28. The fourth-order valence-electron chi connectivity index (χ4n) is 2.19. The molecular formula is C16H20BrNOS. The lowest BCUT2D eigenvalue weighted by Crippen LogP contribution is -1.93. The van der Waals surface area contributed by atoms with Crippen molar-refractivity contribution in [3.05, 3.63) is 33.1 Å². The van der Waals surface area contributed by atoms with Gasteiger partial charge in [-0.2, -0.15) is 0 Å². The van der Waals surface area contributed by atoms with Crippen molar-refractivity contribution in [3.8, 4) is 17.0 Å². The number of thiophene rings is 1. The summed E-state index contributed by atoms with van der Waals surface area (Å²) in [6, 6.07) is 6.24. The van der Waals surface area contributed by atoms with E-state index in [-0.39, 0.29) is 0 Å². The lowest BCUT2D eigenvalue weighted by atomic mass is 10.1. The van der Waals surface area contributed by atoms with Crippen molar-refractivity contribution < 1.29 is 4.74 Å². The van der Waals surface area contributed by atoms with Crippen LogP contribution in [-0.4, -0.2) is 12.1 Å². The Bertz CT molecular complexity index is 553. The van der Waals surface area contributed by atoms with Crippen molar-refractivity contribution in [1.82, 2.24) is 4.98 Å². The summed E-state index contributed by atoms with van der Waals surface area (Å²) in [4.78, 5) is 4.78. The zero-order valence-corrected chi connectivity index (χ0v) is 14.4. The molecule has 108 valence electrons. The van der Waals surface area contributed by atoms with Crippen molar-refractivity contribution in [2.75, 3.05) is 7.11 Å². The molecule has 0 atom stereocenters. The van der Waals surface area contributed by atoms with E-state index in [2.05, 4.69) is 35.0 Å². The fraction of sp³-hybridized carbons (Fsp3) is 0.438. The van der Waals surface area contributed by atoms with Gasteiger partial charge in [0.1, 0.15) is 5.75 Å². The number of halogens is 1. The van der Waals surface area contributed by atoms with E-state index in [0.717, 1.165) is 27.2 Å². The van der Waals surface area contributed by atoms with Gasteiger partial charge < -0.3 is 4.74 Å². The van der Waals surface area contributed by atoms with Gasteiger partial charge in [-0.15, -0.1) is 11.3 Å². The number of pyridine rings is 1. The molecule has 0 amide bonds. The Morgan fingerprint density at radius 1 is 1.25 bits per heavy atom. The van der Waals surface area contributed by atoms with Gasteiger partial charge in [0.2, 0.25) is 0 Å². The van der Waals surface area contributed by atoms with E-state index in [4.69, 9.17) is 9.72 Å². The first-order valence-corrected chi connectivity index (χ1v) is 8.70. The lowest BCUT2D eigenvalue weighted by molar-refractivity contribution is 0.418. The smallest absolute Gasteiger partial charge is 0.140 e. The van der Waals surface area contributed by atoms with Crippen LogP contribution in [0.4, 0.5) is 0 Å². The summed E-state index contributed by atoms with van der Waals surface area (Å²) in [6.07, 6.45) is 6.13. The number of aryl methyl sites for hydroxylation is 1. The predicted octanol–water partition coefficient (Wildman–Crippen LogP) is 5.70. The molecule has 0 aliphatic rings. The van der Waals surface area contributed by atoms with Crippen molar-refractivity contribution in [2.45, 2.75) is 39.0 Å². The van der Waals surface area contributed by atoms with Gasteiger partial charge in [-0.3, -0.25) is 4.98 Å². The number of nitrogens with zero attached hydrogens (tertiary/aromatic N) is 1. The first-order chi connectivity index (χ1) is 9.76. The molecule has 2 heterocycles. The van der Waals surface area contributed by atoms with Crippen LogP contribution in [-0.2, 0) is 6.42 Å². The van der Waals surface area contributed by atoms with Gasteiger partial charge in [-0.05, 0) is 40.9 Å². The van der Waals surface area contributed by atoms with Crippen LogP contribution in [0.2, 0.25) is 0 Å². The zero-order valence-electron chi connectivity index (χ0n) is 12.0. The molecule has 2 aromatic rings. The SMILES string of the molecule is CCCCCCc1cccc(-c2c(OC)csc2Br)n1. The molecule has 0 fully saturated rings. The minimum atomic E-state index is 0.887. The van der Waals surface area contributed by atoms with Crippen LogP contribution in [0.3, 0.4) is 0 Å². The van der Waals surface area contributed by atoms with E-state index in [9.17, 15) is 0 Å². The number of rotatable bonds is 7. The third-order valence-corrected chi connectivity index (χ3v) is 4.98. The molecule has 0 aromatic carbocycles. The maximum Gasteiger partial charge on any atom is 0.140 e. The number of hydrogen-bond donors (Lipinski definition) is 0. The van der Waals surface area contributed by atoms with Crippen LogP contribution < -0.4 is 4.74 Å². The second-order valence-corrected chi connectivity index (χ2v) is 6.98. The topological polar surface area (TPSA) is 22.1 Å². The highest BCUT2D eigenvalue weighted by Gasteiger charge is 2.14. The number of methoxy groups -OCH3 is 1. The van der Waals surface area contributed by atoms with Crippen LogP contribution in [0.15, 0.2) is 27.4 Å². The van der Waals surface area contributed by atoms with Crippen molar-refractivity contribution in [3.63, 3.8) is 0 Å². The summed E-state index contributed by atoms with van der Waals surface area (Å²) in [7, 11) is 1.70. The van der Waals surface area contributed by atoms with Crippen LogP contribution in [0.5, 0.6) is 5.75 Å². The number of unbranched alkanes of at least 4 members (excludes halogenated alkanes) is 3. The van der Waals surface area contributed by atoms with Gasteiger partial charge >= 0.3 is 0 Å². The van der Waals surface area contributed by atoms with Crippen molar-refractivity contribution >= 4 is 27.3 Å². The second kappa shape index (κ2) is 7.79. The molecule has 0 aliphatic carbocycles. The van der Waals surface area contributed by atoms with Crippen LogP contribution >= 0.6 is 27.3 Å². The molecule has 0 spiro atoms. The van der Waals surface area contributed by atoms with Crippen LogP contribution in [0, 0.1) is 0 Å². The molecule has 20 heavy (non-hydrogen) atoms.